The quantitative estimate of drug-likeness (QED) is 0.266. The van der Waals surface area contributed by atoms with Crippen molar-refractivity contribution in [3.05, 3.63) is 94.1 Å². The van der Waals surface area contributed by atoms with E-state index in [0.717, 1.165) is 10.8 Å². The minimum Gasteiger partial charge on any atom is -0.459 e. The first-order valence-corrected chi connectivity index (χ1v) is 10.5. The summed E-state index contributed by atoms with van der Waals surface area (Å²) in [4.78, 5) is 37.4. The van der Waals surface area contributed by atoms with E-state index in [1.807, 2.05) is 30.3 Å². The summed E-state index contributed by atoms with van der Waals surface area (Å²) in [6, 6.07) is 17.0. The number of esters is 1. The number of rotatable bonds is 6. The van der Waals surface area contributed by atoms with Crippen molar-refractivity contribution in [2.45, 2.75) is 26.5 Å². The van der Waals surface area contributed by atoms with E-state index < -0.39 is 29.4 Å². The van der Waals surface area contributed by atoms with E-state index in [4.69, 9.17) is 9.15 Å². The van der Waals surface area contributed by atoms with Crippen LogP contribution in [-0.4, -0.2) is 17.9 Å². The SMILES string of the molecule is CC(C)C(NC(=O)c1ccccc1F)C(=O)OCc1cc(=O)oc2ccc3ccccc3c12. The molecule has 4 aromatic rings. The molecular formula is C26H22FNO5. The van der Waals surface area contributed by atoms with Crippen LogP contribution >= 0.6 is 0 Å². The third-order valence-corrected chi connectivity index (χ3v) is 5.41. The Labute approximate surface area is 189 Å². The van der Waals surface area contributed by atoms with Crippen molar-refractivity contribution in [3.8, 4) is 0 Å². The maximum absolute atomic E-state index is 14.0. The number of fused-ring (bicyclic) bond motifs is 3. The Balaban J connectivity index is 1.59. The molecule has 1 amide bonds. The molecule has 1 N–H and O–H groups in total. The number of benzene rings is 3. The molecular weight excluding hydrogens is 425 g/mol. The predicted octanol–water partition coefficient (Wildman–Crippen LogP) is 4.58. The molecule has 0 saturated heterocycles. The summed E-state index contributed by atoms with van der Waals surface area (Å²) in [6.07, 6.45) is 0. The molecule has 1 aromatic heterocycles. The van der Waals surface area contributed by atoms with Gasteiger partial charge in [-0.15, -0.1) is 0 Å². The highest BCUT2D eigenvalue weighted by Crippen LogP contribution is 2.28. The van der Waals surface area contributed by atoms with E-state index in [1.165, 1.54) is 30.3 Å². The highest BCUT2D eigenvalue weighted by molar-refractivity contribution is 6.07. The van der Waals surface area contributed by atoms with Crippen molar-refractivity contribution in [1.82, 2.24) is 5.32 Å². The highest BCUT2D eigenvalue weighted by Gasteiger charge is 2.27. The van der Waals surface area contributed by atoms with Crippen molar-refractivity contribution in [3.63, 3.8) is 0 Å². The second kappa shape index (κ2) is 9.24. The third-order valence-electron chi connectivity index (χ3n) is 5.41. The van der Waals surface area contributed by atoms with Gasteiger partial charge < -0.3 is 14.5 Å². The molecule has 1 atom stereocenters. The van der Waals surface area contributed by atoms with Crippen LogP contribution in [0.1, 0.15) is 29.8 Å². The van der Waals surface area contributed by atoms with Gasteiger partial charge in [0.05, 0.1) is 5.56 Å². The zero-order chi connectivity index (χ0) is 23.5. The van der Waals surface area contributed by atoms with E-state index in [9.17, 15) is 18.8 Å². The van der Waals surface area contributed by atoms with Gasteiger partial charge in [0.25, 0.3) is 5.91 Å². The average molecular weight is 447 g/mol. The van der Waals surface area contributed by atoms with E-state index in [-0.39, 0.29) is 18.1 Å². The van der Waals surface area contributed by atoms with Gasteiger partial charge in [-0.05, 0) is 34.9 Å². The number of ether oxygens (including phenoxy) is 1. The van der Waals surface area contributed by atoms with Gasteiger partial charge in [0.1, 0.15) is 24.0 Å². The number of amides is 1. The number of hydrogen-bond acceptors (Lipinski definition) is 5. The molecule has 0 fully saturated rings. The summed E-state index contributed by atoms with van der Waals surface area (Å²) in [7, 11) is 0. The monoisotopic (exact) mass is 447 g/mol. The summed E-state index contributed by atoms with van der Waals surface area (Å²) in [5, 5.41) is 5.04. The normalized spacial score (nSPS) is 12.1. The van der Waals surface area contributed by atoms with Crippen molar-refractivity contribution >= 4 is 33.6 Å². The number of hydrogen-bond donors (Lipinski definition) is 1. The molecule has 0 aliphatic heterocycles. The molecule has 6 nitrogen and oxygen atoms in total. The first kappa shape index (κ1) is 22.2. The fraction of sp³-hybridized carbons (Fsp3) is 0.192. The van der Waals surface area contributed by atoms with Crippen LogP contribution in [0.3, 0.4) is 0 Å². The van der Waals surface area contributed by atoms with E-state index in [1.54, 1.807) is 19.9 Å². The molecule has 0 bridgehead atoms. The molecule has 3 aromatic carbocycles. The van der Waals surface area contributed by atoms with Crippen molar-refractivity contribution in [2.24, 2.45) is 5.92 Å². The Bertz CT molecular complexity index is 1410. The minimum absolute atomic E-state index is 0.158. The van der Waals surface area contributed by atoms with E-state index in [2.05, 4.69) is 5.32 Å². The van der Waals surface area contributed by atoms with Crippen LogP contribution in [0.4, 0.5) is 4.39 Å². The Morgan fingerprint density at radius 1 is 1.03 bits per heavy atom. The first-order chi connectivity index (χ1) is 15.8. The summed E-state index contributed by atoms with van der Waals surface area (Å²) >= 11 is 0. The molecule has 0 aliphatic carbocycles. The Kier molecular flexibility index (Phi) is 6.22. The van der Waals surface area contributed by atoms with Gasteiger partial charge in [-0.2, -0.15) is 0 Å². The van der Waals surface area contributed by atoms with Crippen LogP contribution in [0.25, 0.3) is 21.7 Å². The molecule has 168 valence electrons. The van der Waals surface area contributed by atoms with Gasteiger partial charge in [0.2, 0.25) is 0 Å². The van der Waals surface area contributed by atoms with Gasteiger partial charge >= 0.3 is 11.6 Å². The maximum atomic E-state index is 14.0. The lowest BCUT2D eigenvalue weighted by atomic mass is 10.0. The fourth-order valence-corrected chi connectivity index (χ4v) is 3.73. The topological polar surface area (TPSA) is 85.6 Å². The average Bonchev–Trinajstić information content (AvgIpc) is 2.80. The summed E-state index contributed by atoms with van der Waals surface area (Å²) in [5.74, 6) is -2.39. The number of carbonyl (C=O) groups is 2. The second-order valence-corrected chi connectivity index (χ2v) is 8.03. The van der Waals surface area contributed by atoms with Crippen molar-refractivity contribution in [2.75, 3.05) is 0 Å². The lowest BCUT2D eigenvalue weighted by molar-refractivity contribution is -0.148. The Hall–Kier alpha value is -4.00. The highest BCUT2D eigenvalue weighted by atomic mass is 19.1. The maximum Gasteiger partial charge on any atom is 0.336 e. The first-order valence-electron chi connectivity index (χ1n) is 10.5. The molecule has 0 spiro atoms. The number of nitrogens with one attached hydrogen (secondary N) is 1. The molecule has 0 aliphatic rings. The summed E-state index contributed by atoms with van der Waals surface area (Å²) < 4.78 is 24.8. The third kappa shape index (κ3) is 4.62. The Morgan fingerprint density at radius 2 is 1.76 bits per heavy atom. The number of halogens is 1. The smallest absolute Gasteiger partial charge is 0.336 e. The van der Waals surface area contributed by atoms with Gasteiger partial charge in [-0.1, -0.05) is 56.3 Å². The van der Waals surface area contributed by atoms with Crippen LogP contribution in [0.2, 0.25) is 0 Å². The Morgan fingerprint density at radius 3 is 2.52 bits per heavy atom. The number of carbonyl (C=O) groups excluding carboxylic acids is 2. The standard InChI is InChI=1S/C26H22FNO5/c1-15(2)24(28-25(30)19-9-5-6-10-20(19)27)26(31)32-14-17-13-22(29)33-21-12-11-16-7-3-4-8-18(16)23(17)21/h3-13,15,24H,14H2,1-2H3,(H,28,30). The van der Waals surface area contributed by atoms with E-state index in [0.29, 0.717) is 16.5 Å². The van der Waals surface area contributed by atoms with Crippen molar-refractivity contribution in [1.29, 1.82) is 0 Å². The molecule has 1 unspecified atom stereocenters. The van der Waals surface area contributed by atoms with Crippen molar-refractivity contribution < 1.29 is 23.1 Å². The van der Waals surface area contributed by atoms with Crippen LogP contribution in [-0.2, 0) is 16.1 Å². The van der Waals surface area contributed by atoms with E-state index >= 15 is 0 Å². The molecule has 33 heavy (non-hydrogen) atoms. The predicted molar refractivity (Wildman–Crippen MR) is 122 cm³/mol. The largest absolute Gasteiger partial charge is 0.459 e. The molecule has 4 rings (SSSR count). The second-order valence-electron chi connectivity index (χ2n) is 8.03. The zero-order valence-electron chi connectivity index (χ0n) is 18.1. The zero-order valence-corrected chi connectivity index (χ0v) is 18.1. The molecule has 0 saturated carbocycles. The molecule has 7 heteroatoms. The fourth-order valence-electron chi connectivity index (χ4n) is 3.73. The molecule has 0 radical (unpaired) electrons. The minimum atomic E-state index is -1.000. The van der Waals surface area contributed by atoms with Crippen LogP contribution in [0, 0.1) is 11.7 Å². The van der Waals surface area contributed by atoms with Gasteiger partial charge in [0.15, 0.2) is 0 Å². The molecule has 1 heterocycles. The summed E-state index contributed by atoms with van der Waals surface area (Å²) in [6.45, 7) is 3.30. The summed E-state index contributed by atoms with van der Waals surface area (Å²) in [5.41, 5.74) is 0.168. The van der Waals surface area contributed by atoms with Crippen LogP contribution in [0.5, 0.6) is 0 Å². The van der Waals surface area contributed by atoms with Crippen LogP contribution in [0.15, 0.2) is 75.9 Å². The van der Waals surface area contributed by atoms with Gasteiger partial charge in [-0.3, -0.25) is 4.79 Å². The lowest BCUT2D eigenvalue weighted by Crippen LogP contribution is -2.45. The van der Waals surface area contributed by atoms with Gasteiger partial charge in [0, 0.05) is 17.0 Å². The van der Waals surface area contributed by atoms with Crippen LogP contribution < -0.4 is 10.9 Å². The van der Waals surface area contributed by atoms with Gasteiger partial charge in [-0.25, -0.2) is 14.0 Å². The lowest BCUT2D eigenvalue weighted by Gasteiger charge is -2.21.